The molecule has 190 valence electrons. The van der Waals surface area contributed by atoms with Crippen molar-refractivity contribution in [3.63, 3.8) is 0 Å². The van der Waals surface area contributed by atoms with Gasteiger partial charge in [0.15, 0.2) is 0 Å². The van der Waals surface area contributed by atoms with E-state index in [0.717, 1.165) is 22.1 Å². The van der Waals surface area contributed by atoms with E-state index in [1.807, 2.05) is 12.1 Å². The maximum Gasteiger partial charge on any atom is 0.215 e. The molecule has 0 fully saturated rings. The summed E-state index contributed by atoms with van der Waals surface area (Å²) in [4.78, 5) is 0. The van der Waals surface area contributed by atoms with Crippen molar-refractivity contribution in [2.45, 2.75) is 33.1 Å². The van der Waals surface area contributed by atoms with Gasteiger partial charge in [-0.05, 0) is 58.5 Å². The second-order valence-corrected chi connectivity index (χ2v) is 11.7. The summed E-state index contributed by atoms with van der Waals surface area (Å²) in [5.74, 6) is 0. The molecule has 2 nitrogen and oxygen atoms in total. The fourth-order valence-electron chi connectivity index (χ4n) is 6.39. The molecule has 0 bridgehead atoms. The zero-order chi connectivity index (χ0) is 27.8. The first-order valence-electron chi connectivity index (χ1n) is 14.2. The number of hydrogen-bond donors (Lipinski definition) is 0. The fraction of sp³-hybridized carbons (Fsp3) is 0.162. The average molecular weight is 507 g/mol. The number of para-hydroxylation sites is 3. The van der Waals surface area contributed by atoms with Crippen LogP contribution in [0, 0.1) is 6.92 Å². The van der Waals surface area contributed by atoms with Crippen LogP contribution < -0.4 is 4.57 Å². The van der Waals surface area contributed by atoms with Gasteiger partial charge in [0.05, 0.1) is 29.0 Å². The molecule has 0 aliphatic carbocycles. The fourth-order valence-corrected chi connectivity index (χ4v) is 6.39. The summed E-state index contributed by atoms with van der Waals surface area (Å²) in [7, 11) is 2.19. The van der Waals surface area contributed by atoms with Crippen molar-refractivity contribution in [2.75, 3.05) is 0 Å². The van der Waals surface area contributed by atoms with Crippen LogP contribution in [0.2, 0.25) is 0 Å². The van der Waals surface area contributed by atoms with Gasteiger partial charge in [-0.2, -0.15) is 4.57 Å². The first-order valence-corrected chi connectivity index (χ1v) is 13.7. The molecule has 0 spiro atoms. The van der Waals surface area contributed by atoms with Crippen LogP contribution in [0.1, 0.15) is 33.3 Å². The highest BCUT2D eigenvalue weighted by Gasteiger charge is 2.26. The van der Waals surface area contributed by atoms with Crippen LogP contribution >= 0.6 is 0 Å². The van der Waals surface area contributed by atoms with Gasteiger partial charge in [0.25, 0.3) is 0 Å². The molecule has 2 heteroatoms. The summed E-state index contributed by atoms with van der Waals surface area (Å²) in [6.45, 7) is 9.17. The summed E-state index contributed by atoms with van der Waals surface area (Å²) in [5, 5.41) is 6.11. The van der Waals surface area contributed by atoms with Crippen molar-refractivity contribution in [3.05, 3.63) is 120 Å². The van der Waals surface area contributed by atoms with Gasteiger partial charge < -0.3 is 4.57 Å². The summed E-state index contributed by atoms with van der Waals surface area (Å²) >= 11 is 0. The smallest absolute Gasteiger partial charge is 0.215 e. The van der Waals surface area contributed by atoms with Crippen LogP contribution in [-0.4, -0.2) is 4.57 Å². The van der Waals surface area contributed by atoms with Crippen LogP contribution in [-0.2, 0) is 12.5 Å². The third kappa shape index (κ3) is 3.51. The van der Waals surface area contributed by atoms with E-state index in [4.69, 9.17) is 1.37 Å². The Hall–Kier alpha value is -4.43. The van der Waals surface area contributed by atoms with Crippen LogP contribution in [0.15, 0.2) is 109 Å². The van der Waals surface area contributed by atoms with Crippen LogP contribution in [0.5, 0.6) is 0 Å². The molecule has 0 aliphatic rings. The molecule has 2 aromatic heterocycles. The number of pyridine rings is 1. The lowest BCUT2D eigenvalue weighted by Crippen LogP contribution is -2.33. The molecule has 0 aliphatic heterocycles. The molecule has 7 rings (SSSR count). The van der Waals surface area contributed by atoms with Crippen LogP contribution in [0.4, 0.5) is 0 Å². The summed E-state index contributed by atoms with van der Waals surface area (Å²) in [5.41, 5.74) is 9.70. The number of rotatable bonds is 2. The minimum atomic E-state index is 0.00109. The molecule has 5 aromatic carbocycles. The maximum absolute atomic E-state index is 8.32. The molecule has 0 saturated carbocycles. The molecule has 0 amide bonds. The number of nitrogens with zero attached hydrogens (tertiary/aromatic N) is 2. The van der Waals surface area contributed by atoms with E-state index in [2.05, 4.69) is 135 Å². The number of fused-ring (bicyclic) bond motifs is 5. The highest BCUT2D eigenvalue weighted by atomic mass is 15.0. The molecule has 2 heterocycles. The Bertz CT molecular complexity index is 2130. The quantitative estimate of drug-likeness (QED) is 0.207. The lowest BCUT2D eigenvalue weighted by molar-refractivity contribution is -0.633. The highest BCUT2D eigenvalue weighted by molar-refractivity contribution is 6.10. The summed E-state index contributed by atoms with van der Waals surface area (Å²) < 4.78 is 13.1. The van der Waals surface area contributed by atoms with Crippen molar-refractivity contribution >= 4 is 43.5 Å². The van der Waals surface area contributed by atoms with E-state index in [1.54, 1.807) is 0 Å². The molecule has 0 N–H and O–H groups in total. The predicted molar refractivity (Wildman–Crippen MR) is 166 cm³/mol. The van der Waals surface area contributed by atoms with Gasteiger partial charge in [0, 0.05) is 22.9 Å². The Labute approximate surface area is 231 Å². The molecule has 0 unspecified atom stereocenters. The Morgan fingerprint density at radius 1 is 0.667 bits per heavy atom. The zero-order valence-electron chi connectivity index (χ0n) is 24.2. The normalized spacial score (nSPS) is 12.6. The Morgan fingerprint density at radius 2 is 1.26 bits per heavy atom. The van der Waals surface area contributed by atoms with Crippen molar-refractivity contribution in [2.24, 2.45) is 7.05 Å². The van der Waals surface area contributed by atoms with E-state index in [0.29, 0.717) is 6.04 Å². The minimum absolute atomic E-state index is 0.00109. The molecular weight excluding hydrogens is 472 g/mol. The second-order valence-electron chi connectivity index (χ2n) is 11.7. The number of benzene rings is 5. The van der Waals surface area contributed by atoms with Gasteiger partial charge in [0.1, 0.15) is 7.05 Å². The molecule has 0 saturated heterocycles. The van der Waals surface area contributed by atoms with E-state index in [1.165, 1.54) is 49.4 Å². The minimum Gasteiger partial charge on any atom is -0.308 e. The molecule has 7 aromatic rings. The number of aryl methyl sites for hydroxylation is 2. The SMILES string of the molecule is [2H]c1ccc2c(c1)c1ccccc1n2-c1cc(-c2cc(C(C)(C)C)c3ccccc3c2C)[n+](C)c2ccccc12. The standard InChI is InChI=1S/C37H33N2/c1-24-25-14-6-7-15-26(25)31(37(2,3)4)22-30(24)35-23-36(29-18-10-11-19-32(29)38(35)5)39-33-20-12-8-16-27(33)28-17-9-13-21-34(28)39/h6-23H,1-5H3/q+1/i8D. The van der Waals surface area contributed by atoms with E-state index in [-0.39, 0.29) is 5.41 Å². The molecular formula is C37H33N2+. The zero-order valence-corrected chi connectivity index (χ0v) is 23.2. The second kappa shape index (κ2) is 8.54. The number of aromatic nitrogens is 2. The van der Waals surface area contributed by atoms with E-state index < -0.39 is 0 Å². The topological polar surface area (TPSA) is 8.81 Å². The number of hydrogen-bond acceptors (Lipinski definition) is 0. The van der Waals surface area contributed by atoms with Gasteiger partial charge in [-0.15, -0.1) is 0 Å². The summed E-state index contributed by atoms with van der Waals surface area (Å²) in [6.07, 6.45) is 0. The molecule has 0 atom stereocenters. The van der Waals surface area contributed by atoms with Gasteiger partial charge in [-0.3, -0.25) is 0 Å². The van der Waals surface area contributed by atoms with Crippen molar-refractivity contribution in [3.8, 4) is 16.9 Å². The van der Waals surface area contributed by atoms with Gasteiger partial charge >= 0.3 is 0 Å². The van der Waals surface area contributed by atoms with Gasteiger partial charge in [-0.1, -0.05) is 93.5 Å². The Kier molecular flexibility index (Phi) is 4.94. The van der Waals surface area contributed by atoms with Crippen molar-refractivity contribution in [1.82, 2.24) is 4.57 Å². The van der Waals surface area contributed by atoms with E-state index >= 15 is 0 Å². The summed E-state index contributed by atoms with van der Waals surface area (Å²) in [6, 6.07) is 37.4. The molecule has 0 radical (unpaired) electrons. The largest absolute Gasteiger partial charge is 0.308 e. The predicted octanol–water partition coefficient (Wildman–Crippen LogP) is 9.19. The van der Waals surface area contributed by atoms with Crippen LogP contribution in [0.3, 0.4) is 0 Å². The third-order valence-corrected chi connectivity index (χ3v) is 8.33. The van der Waals surface area contributed by atoms with Crippen molar-refractivity contribution in [1.29, 1.82) is 0 Å². The maximum atomic E-state index is 8.32. The lowest BCUT2D eigenvalue weighted by Gasteiger charge is -2.24. The average Bonchev–Trinajstić information content (AvgIpc) is 3.27. The molecule has 39 heavy (non-hydrogen) atoms. The van der Waals surface area contributed by atoms with Crippen molar-refractivity contribution < 1.29 is 5.94 Å². The monoisotopic (exact) mass is 506 g/mol. The lowest BCUT2D eigenvalue weighted by atomic mass is 9.80. The van der Waals surface area contributed by atoms with Crippen LogP contribution in [0.25, 0.3) is 60.4 Å². The Balaban J connectivity index is 1.64. The van der Waals surface area contributed by atoms with E-state index in [9.17, 15) is 0 Å². The highest BCUT2D eigenvalue weighted by Crippen LogP contribution is 2.39. The third-order valence-electron chi connectivity index (χ3n) is 8.33. The van der Waals surface area contributed by atoms with Gasteiger partial charge in [-0.25, -0.2) is 0 Å². The Morgan fingerprint density at radius 3 is 2.00 bits per heavy atom. The van der Waals surface area contributed by atoms with Gasteiger partial charge in [0.2, 0.25) is 11.2 Å². The first kappa shape index (κ1) is 22.5. The first-order chi connectivity index (χ1) is 19.2.